The first kappa shape index (κ1) is 43.6. The van der Waals surface area contributed by atoms with Gasteiger partial charge in [-0.1, -0.05) is 24.3 Å². The van der Waals surface area contributed by atoms with Crippen molar-refractivity contribution < 1.29 is 38.4 Å². The molecular weight excluding hydrogens is 1010 g/mol. The van der Waals surface area contributed by atoms with Crippen molar-refractivity contribution in [2.75, 3.05) is 28.2 Å². The summed E-state index contributed by atoms with van der Waals surface area (Å²) in [7, 11) is 5.86. The van der Waals surface area contributed by atoms with Gasteiger partial charge in [0.25, 0.3) is 47.3 Å². The third-order valence-corrected chi connectivity index (χ3v) is 19.2. The Hall–Kier alpha value is -9.75. The standard InChI is InChI=1S/C62H31N5O8S2/c1-23-19-34-48-30(57(70)65(4)59(34)72)14-10-27-45-32(20-35-49-31(58(71)66(5)60(35)73)11-7-24(53(45)49)43(23)52(27)48)39-15-17-41(76-39)42-18-16-40(77-42)33-21-36-50-37(62(75)67(6)61(36)74)22-38(63-2)51-26-9-13-29-47-28(55(68)64(3)56(29)69)12-8-25(44(26)47)46(33)54(50)51/h7-22H,1,3-6H3. The highest BCUT2D eigenvalue weighted by Crippen LogP contribution is 2.55. The van der Waals surface area contributed by atoms with E-state index in [4.69, 9.17) is 6.57 Å². The van der Waals surface area contributed by atoms with Crippen LogP contribution in [0.1, 0.15) is 88.4 Å². The quantitative estimate of drug-likeness (QED) is 0.0733. The van der Waals surface area contributed by atoms with Gasteiger partial charge >= 0.3 is 0 Å². The molecule has 364 valence electrons. The molecule has 0 saturated carbocycles. The summed E-state index contributed by atoms with van der Waals surface area (Å²) in [4.78, 5) is 123. The number of fused-ring (bicyclic) bond motifs is 4. The van der Waals surface area contributed by atoms with E-state index >= 15 is 0 Å². The number of carbonyl (C=O) groups is 8. The molecule has 0 bridgehead atoms. The van der Waals surface area contributed by atoms with Gasteiger partial charge in [-0.15, -0.1) is 22.7 Å². The molecule has 8 amide bonds. The second-order valence-corrected chi connectivity index (χ2v) is 22.6. The van der Waals surface area contributed by atoms with Crippen LogP contribution in [0.4, 0.5) is 5.69 Å². The molecule has 15 heteroatoms. The monoisotopic (exact) mass is 1040 g/mol. The Morgan fingerprint density at radius 3 is 1.09 bits per heavy atom. The highest BCUT2D eigenvalue weighted by atomic mass is 32.1. The first-order valence-corrected chi connectivity index (χ1v) is 26.1. The Balaban J connectivity index is 0.955. The van der Waals surface area contributed by atoms with E-state index in [0.29, 0.717) is 98.4 Å². The molecule has 0 aliphatic carbocycles. The van der Waals surface area contributed by atoms with Crippen molar-refractivity contribution in [1.29, 1.82) is 0 Å². The Kier molecular flexibility index (Phi) is 8.01. The van der Waals surface area contributed by atoms with Gasteiger partial charge < -0.3 is 0 Å². The molecule has 10 aromatic carbocycles. The maximum atomic E-state index is 14.3. The van der Waals surface area contributed by atoms with Crippen molar-refractivity contribution in [3.63, 3.8) is 0 Å². The first-order chi connectivity index (χ1) is 37.1. The molecule has 16 rings (SSSR count). The van der Waals surface area contributed by atoms with Crippen LogP contribution in [0.2, 0.25) is 0 Å². The number of amides is 8. The lowest BCUT2D eigenvalue weighted by Crippen LogP contribution is -2.37. The average molecular weight is 1040 g/mol. The number of hydrogen-bond acceptors (Lipinski definition) is 10. The Bertz CT molecular complexity index is 5130. The molecule has 2 aromatic heterocycles. The van der Waals surface area contributed by atoms with Crippen molar-refractivity contribution >= 4 is 162 Å². The third-order valence-electron chi connectivity index (χ3n) is 16.8. The van der Waals surface area contributed by atoms with Crippen LogP contribution in [0, 0.1) is 13.5 Å². The molecule has 4 aliphatic heterocycles. The molecular formula is C62H31N5O8S2. The highest BCUT2D eigenvalue weighted by molar-refractivity contribution is 7.25. The largest absolute Gasteiger partial charge is 0.278 e. The molecule has 0 unspecified atom stereocenters. The number of nitrogens with zero attached hydrogens (tertiary/aromatic N) is 5. The topological polar surface area (TPSA) is 154 Å². The molecule has 0 spiro atoms. The van der Waals surface area contributed by atoms with E-state index in [1.807, 2.05) is 67.6 Å². The fourth-order valence-electron chi connectivity index (χ4n) is 13.3. The molecule has 6 heterocycles. The van der Waals surface area contributed by atoms with E-state index in [0.717, 1.165) is 82.6 Å². The van der Waals surface area contributed by atoms with E-state index in [9.17, 15) is 38.4 Å². The van der Waals surface area contributed by atoms with Gasteiger partial charge in [0.1, 0.15) is 0 Å². The van der Waals surface area contributed by atoms with Crippen molar-refractivity contribution in [3.05, 3.63) is 159 Å². The number of imide groups is 4. The Labute approximate surface area is 441 Å². The van der Waals surface area contributed by atoms with E-state index in [2.05, 4.69) is 4.85 Å². The van der Waals surface area contributed by atoms with Gasteiger partial charge in [-0.25, -0.2) is 4.85 Å². The number of rotatable bonds is 3. The van der Waals surface area contributed by atoms with Gasteiger partial charge in [0.05, 0.1) is 6.57 Å². The first-order valence-electron chi connectivity index (χ1n) is 24.5. The van der Waals surface area contributed by atoms with Crippen LogP contribution in [0.25, 0.3) is 122 Å². The summed E-state index contributed by atoms with van der Waals surface area (Å²) < 4.78 is 0. The van der Waals surface area contributed by atoms with Crippen molar-refractivity contribution in [2.24, 2.45) is 0 Å². The summed E-state index contributed by atoms with van der Waals surface area (Å²) in [6.07, 6.45) is 0. The summed E-state index contributed by atoms with van der Waals surface area (Å²) in [5.41, 5.74) is 5.28. The fraction of sp³-hybridized carbons (Fsp3) is 0.0806. The summed E-state index contributed by atoms with van der Waals surface area (Å²) in [5, 5.41) is 10.4. The van der Waals surface area contributed by atoms with Crippen LogP contribution in [-0.2, 0) is 0 Å². The molecule has 77 heavy (non-hydrogen) atoms. The summed E-state index contributed by atoms with van der Waals surface area (Å²) in [6, 6.07) is 29.5. The van der Waals surface area contributed by atoms with Crippen LogP contribution in [0.15, 0.2) is 97.1 Å². The number of aryl methyl sites for hydroxylation is 1. The molecule has 13 nitrogen and oxygen atoms in total. The predicted molar refractivity (Wildman–Crippen MR) is 298 cm³/mol. The van der Waals surface area contributed by atoms with Crippen LogP contribution in [0.5, 0.6) is 0 Å². The normalized spacial score (nSPS) is 15.4. The number of thiophene rings is 2. The molecule has 0 saturated heterocycles. The molecule has 12 aromatic rings. The molecule has 0 radical (unpaired) electrons. The lowest BCUT2D eigenvalue weighted by molar-refractivity contribution is 0.0635. The zero-order valence-electron chi connectivity index (χ0n) is 41.1. The predicted octanol–water partition coefficient (Wildman–Crippen LogP) is 12.7. The minimum atomic E-state index is -0.524. The number of hydrogen-bond donors (Lipinski definition) is 0. The maximum absolute atomic E-state index is 14.3. The molecule has 4 aliphatic rings. The second-order valence-electron chi connectivity index (χ2n) is 20.4. The minimum Gasteiger partial charge on any atom is -0.278 e. The van der Waals surface area contributed by atoms with E-state index in [-0.39, 0.29) is 11.3 Å². The van der Waals surface area contributed by atoms with Crippen molar-refractivity contribution in [3.8, 4) is 30.6 Å². The third kappa shape index (κ3) is 4.98. The fourth-order valence-corrected chi connectivity index (χ4v) is 15.5. The Morgan fingerprint density at radius 2 is 0.636 bits per heavy atom. The summed E-state index contributed by atoms with van der Waals surface area (Å²) >= 11 is 3.00. The lowest BCUT2D eigenvalue weighted by atomic mass is 9.79. The SMILES string of the molecule is [C-]#[N+]c1cc2c3c(cc(-c4ccc(-c5ccc(-c6cc7c8c(ccc9c%10c(C)cc%11c%12c(ccc(c6c89)c%12%10)C(=O)N(C)C%11=O)C(=O)N(C)C7=O)s5)s4)c4c5ccc6c7c(ccc(c1c34)c75)C(=O)N(C)C6=O)C(=O)N(C)C2=O. The van der Waals surface area contributed by atoms with Gasteiger partial charge in [-0.05, 0) is 150 Å². The molecule has 0 fully saturated rings. The van der Waals surface area contributed by atoms with E-state index in [1.165, 1.54) is 50.9 Å². The maximum Gasteiger partial charge on any atom is 0.261 e. The number of benzene rings is 10. The van der Waals surface area contributed by atoms with Gasteiger partial charge in [0.15, 0.2) is 5.69 Å². The number of carbonyl (C=O) groups excluding carboxylic acids is 8. The zero-order valence-corrected chi connectivity index (χ0v) is 42.7. The smallest absolute Gasteiger partial charge is 0.261 e. The minimum absolute atomic E-state index is 0.196. The average Bonchev–Trinajstić information content (AvgIpc) is 4.09. The Morgan fingerprint density at radius 1 is 0.312 bits per heavy atom. The summed E-state index contributed by atoms with van der Waals surface area (Å²) in [5.74, 6) is -3.54. The van der Waals surface area contributed by atoms with Crippen molar-refractivity contribution in [2.45, 2.75) is 6.92 Å². The van der Waals surface area contributed by atoms with Gasteiger partial charge in [0.2, 0.25) is 0 Å². The van der Waals surface area contributed by atoms with E-state index in [1.54, 1.807) is 36.4 Å². The van der Waals surface area contributed by atoms with Crippen LogP contribution >= 0.6 is 22.7 Å². The highest BCUT2D eigenvalue weighted by Gasteiger charge is 2.39. The van der Waals surface area contributed by atoms with Gasteiger partial charge in [-0.2, -0.15) is 0 Å². The van der Waals surface area contributed by atoms with Crippen LogP contribution in [0.3, 0.4) is 0 Å². The molecule has 0 N–H and O–H groups in total. The second kappa shape index (κ2) is 14.1. The van der Waals surface area contributed by atoms with Crippen LogP contribution < -0.4 is 0 Å². The van der Waals surface area contributed by atoms with E-state index < -0.39 is 47.3 Å². The van der Waals surface area contributed by atoms with Crippen LogP contribution in [-0.4, -0.2) is 95.0 Å². The zero-order chi connectivity index (χ0) is 52.8. The summed E-state index contributed by atoms with van der Waals surface area (Å²) in [6.45, 7) is 10.4. The van der Waals surface area contributed by atoms with Gasteiger partial charge in [-0.3, -0.25) is 58.0 Å². The molecule has 0 atom stereocenters. The van der Waals surface area contributed by atoms with Gasteiger partial charge in [0, 0.05) is 125 Å². The van der Waals surface area contributed by atoms with Crippen molar-refractivity contribution in [1.82, 2.24) is 19.6 Å². The lowest BCUT2D eigenvalue weighted by Gasteiger charge is -2.29.